The van der Waals surface area contributed by atoms with Crippen molar-refractivity contribution in [1.82, 2.24) is 5.32 Å². The molecule has 43 atom stereocenters. The number of hydrogen-bond acceptors (Lipinski definition) is 48. The van der Waals surface area contributed by atoms with Gasteiger partial charge >= 0.3 is 19.8 Å². The van der Waals surface area contributed by atoms with Gasteiger partial charge in [0.2, 0.25) is 5.91 Å². The molecule has 0 aromatic rings. The Balaban J connectivity index is 1.24. The molecule has 1 amide bonds. The third-order valence-electron chi connectivity index (χ3n) is 19.5. The van der Waals surface area contributed by atoms with Crippen LogP contribution in [0.3, 0.4) is 0 Å². The Hall–Kier alpha value is -3.16. The summed E-state index contributed by atoms with van der Waals surface area (Å²) >= 11 is 0. The Morgan fingerprint density at radius 1 is 0.459 bits per heavy atom. The number of nitrogens with two attached hydrogens (primary N) is 1. The molecular weight excluding hydrogens is 1560 g/mol. The second-order valence-corrected chi connectivity index (χ2v) is 28.6. The van der Waals surface area contributed by atoms with Crippen molar-refractivity contribution < 1.29 is 247 Å². The average molecular weight is 1660 g/mol. The Morgan fingerprint density at radius 2 is 0.901 bits per heavy atom. The SMILES string of the molecule is CC(=O)N[C@H]1[C@@H](O[C@@H]2[C@@H](O[C@@H]3[C@H](O)[C@@H](O[C@H]4[C@@H]([C@H](O)CO)O[C@@](O)(C(=O)O)C[C@H]4O[C@]4(C(=O)O)C[C@@H](O)[C@@H](O)[C@@H]([C@H](O)CO)O4)O[C@H]([C@@H](O)CO)[C@H]3O[C@@H]3O[C@H](CO)[C@@H](O[C@@H]4O[C@H](CO)[C@H](O[C@H]5O[C@H](CO)[C@H](O)[C@H](O)[C@H]5O)[C@H](O)[C@H]4O)[C@H](O)[C@H]3O)O[C@H]([C@H](CO)OP(=O)(O)OCCN)[C@@H](O)[C@@H]2O)O[C@H](CO)[C@@H](O)[C@@H]1O. The lowest BCUT2D eigenvalue weighted by molar-refractivity contribution is -0.420. The van der Waals surface area contributed by atoms with Gasteiger partial charge in [-0.2, -0.15) is 0 Å². The number of rotatable bonds is 34. The van der Waals surface area contributed by atoms with E-state index in [9.17, 15) is 167 Å². The van der Waals surface area contributed by atoms with Gasteiger partial charge in [0.15, 0.2) is 37.7 Å². The lowest BCUT2D eigenvalue weighted by atomic mass is 9.89. The molecule has 0 aliphatic carbocycles. The summed E-state index contributed by atoms with van der Waals surface area (Å²) < 4.78 is 111. The van der Waals surface area contributed by atoms with E-state index in [-0.39, 0.29) is 0 Å². The van der Waals surface area contributed by atoms with Crippen molar-refractivity contribution in [3.8, 4) is 0 Å². The number of aliphatic carboxylic acids is 2. The fraction of sp³-hybridized carbons (Fsp3) is 0.948. The van der Waals surface area contributed by atoms with Crippen molar-refractivity contribution >= 4 is 25.7 Å². The summed E-state index contributed by atoms with van der Waals surface area (Å²) in [6, 6.07) is -2.01. The highest BCUT2D eigenvalue weighted by Crippen LogP contribution is 2.48. The van der Waals surface area contributed by atoms with E-state index in [0.29, 0.717) is 0 Å². The summed E-state index contributed by atoms with van der Waals surface area (Å²) in [6.07, 6.45) is -96.6. The fourth-order valence-electron chi connectivity index (χ4n) is 13.7. The van der Waals surface area contributed by atoms with Crippen LogP contribution in [-0.4, -0.2) is 489 Å². The van der Waals surface area contributed by atoms with E-state index in [1.807, 2.05) is 0 Å². The highest BCUT2D eigenvalue weighted by Gasteiger charge is 2.65. The number of carboxylic acid groups (broad SMARTS) is 2. The van der Waals surface area contributed by atoms with Crippen molar-refractivity contribution in [2.45, 2.75) is 277 Å². The minimum atomic E-state index is -5.47. The Labute approximate surface area is 624 Å². The van der Waals surface area contributed by atoms with Gasteiger partial charge in [-0.15, -0.1) is 0 Å². The van der Waals surface area contributed by atoms with Gasteiger partial charge < -0.3 is 230 Å². The lowest BCUT2D eigenvalue weighted by Gasteiger charge is -2.53. The van der Waals surface area contributed by atoms with E-state index >= 15 is 0 Å². The molecule has 646 valence electrons. The second-order valence-electron chi connectivity index (χ2n) is 27.2. The zero-order chi connectivity index (χ0) is 82.5. The molecule has 1 unspecified atom stereocenters. The van der Waals surface area contributed by atoms with E-state index in [0.717, 1.165) is 6.92 Å². The molecule has 32 N–H and O–H groups in total. The summed E-state index contributed by atoms with van der Waals surface area (Å²) in [5.41, 5.74) is 5.42. The van der Waals surface area contributed by atoms with Gasteiger partial charge in [-0.05, 0) is 0 Å². The molecule has 111 heavy (non-hydrogen) atoms. The first-order chi connectivity index (χ1) is 52.2. The number of hydrogen-bond donors (Lipinski definition) is 31. The lowest BCUT2D eigenvalue weighted by Crippen LogP contribution is -2.71. The van der Waals surface area contributed by atoms with Crippen LogP contribution < -0.4 is 11.1 Å². The van der Waals surface area contributed by atoms with Gasteiger partial charge in [0.1, 0.15) is 195 Å². The van der Waals surface area contributed by atoms with Crippen molar-refractivity contribution in [1.29, 1.82) is 0 Å². The van der Waals surface area contributed by atoms with E-state index in [1.165, 1.54) is 0 Å². The Bertz CT molecular complexity index is 2980. The van der Waals surface area contributed by atoms with Gasteiger partial charge in [-0.1, -0.05) is 0 Å². The quantitative estimate of drug-likeness (QED) is 0.0266. The fourth-order valence-corrected chi connectivity index (χ4v) is 14.6. The number of phosphoric acid groups is 1. The Kier molecular flexibility index (Phi) is 33.3. The van der Waals surface area contributed by atoms with Crippen molar-refractivity contribution in [2.24, 2.45) is 5.73 Å². The average Bonchev–Trinajstić information content (AvgIpc) is 0.748. The van der Waals surface area contributed by atoms with Gasteiger partial charge in [-0.3, -0.25) is 13.8 Å². The molecular formula is C58H99N2O50P. The first kappa shape index (κ1) is 93.3. The van der Waals surface area contributed by atoms with Crippen LogP contribution in [0.4, 0.5) is 0 Å². The molecule has 8 aliphatic rings. The van der Waals surface area contributed by atoms with E-state index in [2.05, 4.69) is 5.32 Å². The number of ether oxygens (including phenoxy) is 15. The topological polar surface area (TPSA) is 850 Å². The number of carboxylic acids is 2. The van der Waals surface area contributed by atoms with E-state index in [4.69, 9.17) is 85.8 Å². The number of nitrogens with one attached hydrogen (secondary N) is 1. The minimum absolute atomic E-state index is 0.448. The van der Waals surface area contributed by atoms with E-state index in [1.54, 1.807) is 0 Å². The van der Waals surface area contributed by atoms with Gasteiger partial charge in [-0.25, -0.2) is 14.2 Å². The van der Waals surface area contributed by atoms with Gasteiger partial charge in [0.25, 0.3) is 11.6 Å². The zero-order valence-electron chi connectivity index (χ0n) is 58.1. The molecule has 0 saturated carbocycles. The monoisotopic (exact) mass is 1650 g/mol. The molecule has 8 heterocycles. The molecule has 0 aromatic carbocycles. The molecule has 0 bridgehead atoms. The molecule has 8 aliphatic heterocycles. The predicted molar refractivity (Wildman–Crippen MR) is 334 cm³/mol. The number of amides is 1. The smallest absolute Gasteiger partial charge is 0.472 e. The molecule has 0 radical (unpaired) electrons. The second kappa shape index (κ2) is 39.6. The number of phosphoric ester groups is 1. The van der Waals surface area contributed by atoms with Crippen LogP contribution in [0.1, 0.15) is 19.8 Å². The molecule has 0 aromatic heterocycles. The summed E-state index contributed by atoms with van der Waals surface area (Å²) in [5.74, 6) is -12.9. The maximum atomic E-state index is 13.4. The van der Waals surface area contributed by atoms with E-state index < -0.39 is 361 Å². The maximum absolute atomic E-state index is 13.4. The molecule has 0 spiro atoms. The third kappa shape index (κ3) is 20.4. The molecule has 53 heteroatoms. The maximum Gasteiger partial charge on any atom is 0.472 e. The van der Waals surface area contributed by atoms with Crippen LogP contribution in [0.25, 0.3) is 0 Å². The van der Waals surface area contributed by atoms with Gasteiger partial charge in [0, 0.05) is 26.3 Å². The van der Waals surface area contributed by atoms with Crippen molar-refractivity contribution in [3.63, 3.8) is 0 Å². The highest BCUT2D eigenvalue weighted by atomic mass is 31.2. The largest absolute Gasteiger partial charge is 0.477 e. The number of carbonyl (C=O) groups is 3. The minimum Gasteiger partial charge on any atom is -0.477 e. The van der Waals surface area contributed by atoms with Crippen LogP contribution in [-0.2, 0) is 99.0 Å². The number of aliphatic hydroxyl groups excluding tert-OH is 25. The molecule has 8 fully saturated rings. The van der Waals surface area contributed by atoms with Crippen LogP contribution in [0, 0.1) is 0 Å². The first-order valence-corrected chi connectivity index (χ1v) is 35.8. The molecule has 8 saturated heterocycles. The predicted octanol–water partition coefficient (Wildman–Crippen LogP) is -19.8. The Morgan fingerprint density at radius 3 is 1.40 bits per heavy atom. The van der Waals surface area contributed by atoms with Crippen LogP contribution in [0.2, 0.25) is 0 Å². The summed E-state index contributed by atoms with van der Waals surface area (Å²) in [6.45, 7) is -10.9. The summed E-state index contributed by atoms with van der Waals surface area (Å²) in [5, 5.41) is 312. The summed E-state index contributed by atoms with van der Waals surface area (Å²) in [7, 11) is -5.47. The highest BCUT2D eigenvalue weighted by molar-refractivity contribution is 7.47. The van der Waals surface area contributed by atoms with Crippen LogP contribution in [0.5, 0.6) is 0 Å². The van der Waals surface area contributed by atoms with Crippen LogP contribution >= 0.6 is 7.82 Å². The van der Waals surface area contributed by atoms with Crippen LogP contribution in [0.15, 0.2) is 0 Å². The zero-order valence-corrected chi connectivity index (χ0v) is 59.0. The standard InChI is InChI=1S/C58H99N2O50P/c1-14(69)60-25-29(77)27(75)20(9-64)95-49(25)105-47-32(80)31(79)44(24(13-68)110-111(92,93)94-3-2-59)102-54(47)104-46-38(86)53(103-45-19(5-57(91,55(87)88)108-41(45)18(73)8-63)107-58(56(89)90)4-15(70)26(74)39(109-58)16(71)6-61)99-40(17(72)7-62)48(46)106-52-37(85)34(82)43(23(12-67)98-52)101-51-36(84)33(81)42(22(11-66)97-51)100-50-35(83)30(78)28(76)21(10-65)96-50/h15-54,61-68,70-86,91H,2-13,59H2,1H3,(H,60,69)(H,87,88)(H,89,90)(H,92,93)/t15-,16-,17+,18-,19-,20-,21-,22-,23-,24+,25-,26-,27-,28+,29-,30+,31+,32+,33-,34-,35-,36-,37-,38+,39-,40-,41-,42+,43-,44-,45-,46-,47+,48-,49-,50-,51+,52+,53-,54-,57-,58-/m1/s1. The number of aliphatic hydroxyl groups is 26. The molecule has 8 rings (SSSR count). The first-order valence-electron chi connectivity index (χ1n) is 34.4. The summed E-state index contributed by atoms with van der Waals surface area (Å²) in [4.78, 5) is 49.7. The molecule has 52 nitrogen and oxygen atoms in total. The van der Waals surface area contributed by atoms with Crippen molar-refractivity contribution in [3.05, 3.63) is 0 Å². The third-order valence-corrected chi connectivity index (χ3v) is 20.6. The normalized spacial score (nSPS) is 47.0. The van der Waals surface area contributed by atoms with Gasteiger partial charge in [0.05, 0.1) is 71.7 Å². The number of carbonyl (C=O) groups excluding carboxylic acids is 1. The van der Waals surface area contributed by atoms with Crippen molar-refractivity contribution in [2.75, 3.05) is 66.0 Å².